The minimum absolute atomic E-state index is 0.0521. The molecule has 0 atom stereocenters. The van der Waals surface area contributed by atoms with E-state index in [1.165, 1.54) is 6.07 Å². The molecule has 0 aliphatic heterocycles. The van der Waals surface area contributed by atoms with Crippen molar-refractivity contribution in [3.05, 3.63) is 83.5 Å². The van der Waals surface area contributed by atoms with Gasteiger partial charge in [0.15, 0.2) is 0 Å². The summed E-state index contributed by atoms with van der Waals surface area (Å²) in [5.41, 5.74) is 1.83. The van der Waals surface area contributed by atoms with Gasteiger partial charge in [-0.3, -0.25) is 4.79 Å². The van der Waals surface area contributed by atoms with Gasteiger partial charge in [0.2, 0.25) is 5.56 Å². The first-order chi connectivity index (χ1) is 10.3. The normalized spacial score (nSPS) is 10.1. The van der Waals surface area contributed by atoms with E-state index in [0.717, 1.165) is 21.8 Å². The van der Waals surface area contributed by atoms with Crippen LogP contribution < -0.4 is 5.56 Å². The quantitative estimate of drug-likeness (QED) is 0.536. The van der Waals surface area contributed by atoms with Crippen LogP contribution in [0.15, 0.2) is 78.0 Å². The predicted molar refractivity (Wildman–Crippen MR) is 84.1 cm³/mol. The molecule has 0 spiro atoms. The summed E-state index contributed by atoms with van der Waals surface area (Å²) in [6, 6.07) is 18.9. The van der Waals surface area contributed by atoms with E-state index in [0.29, 0.717) is 0 Å². The molecule has 4 nitrogen and oxygen atoms in total. The van der Waals surface area contributed by atoms with Crippen LogP contribution in [0.2, 0.25) is 0 Å². The van der Waals surface area contributed by atoms with Gasteiger partial charge in [-0.15, -0.1) is 0 Å². The van der Waals surface area contributed by atoms with Crippen LogP contribution in [0.3, 0.4) is 0 Å². The van der Waals surface area contributed by atoms with Crippen molar-refractivity contribution < 1.29 is 0 Å². The van der Waals surface area contributed by atoms with E-state index in [1.54, 1.807) is 6.33 Å². The number of benzene rings is 2. The van der Waals surface area contributed by atoms with Crippen molar-refractivity contribution >= 4 is 21.8 Å². The first kappa shape index (κ1) is 13.0. The van der Waals surface area contributed by atoms with Gasteiger partial charge in [-0.1, -0.05) is 36.4 Å². The van der Waals surface area contributed by atoms with Gasteiger partial charge < -0.3 is 4.98 Å². The summed E-state index contributed by atoms with van der Waals surface area (Å²) < 4.78 is 0. The highest BCUT2D eigenvalue weighted by Gasteiger charge is 1.89. The third-order valence-electron chi connectivity index (χ3n) is 3.05. The van der Waals surface area contributed by atoms with E-state index < -0.39 is 0 Å². The largest absolute Gasteiger partial charge is 0.322 e. The lowest BCUT2D eigenvalue weighted by Gasteiger charge is -1.93. The molecule has 2 aromatic heterocycles. The molecule has 102 valence electrons. The average molecular weight is 275 g/mol. The topological polar surface area (TPSA) is 58.6 Å². The summed E-state index contributed by atoms with van der Waals surface area (Å²) in [4.78, 5) is 21.5. The monoisotopic (exact) mass is 275 g/mol. The van der Waals surface area contributed by atoms with E-state index in [1.807, 2.05) is 60.8 Å². The molecule has 0 saturated heterocycles. The lowest BCUT2D eigenvalue weighted by molar-refractivity contribution is 1.22. The number of aromatic amines is 1. The maximum Gasteiger partial charge on any atom is 0.248 e. The number of rotatable bonds is 0. The Bertz CT molecular complexity index is 866. The van der Waals surface area contributed by atoms with Gasteiger partial charge in [-0.05, 0) is 23.6 Å². The van der Waals surface area contributed by atoms with Crippen LogP contribution in [0.4, 0.5) is 0 Å². The molecular formula is C17H13N3O. The molecule has 4 heteroatoms. The van der Waals surface area contributed by atoms with E-state index in [4.69, 9.17) is 0 Å². The third kappa shape index (κ3) is 3.12. The summed E-state index contributed by atoms with van der Waals surface area (Å²) >= 11 is 0. The minimum Gasteiger partial charge on any atom is -0.322 e. The Labute approximate surface area is 121 Å². The smallest absolute Gasteiger partial charge is 0.248 e. The Balaban J connectivity index is 0.000000126. The molecule has 0 unspecified atom stereocenters. The summed E-state index contributed by atoms with van der Waals surface area (Å²) in [6.45, 7) is 0. The van der Waals surface area contributed by atoms with Gasteiger partial charge in [0.25, 0.3) is 0 Å². The fourth-order valence-electron chi connectivity index (χ4n) is 2.02. The first-order valence-electron chi connectivity index (χ1n) is 6.56. The minimum atomic E-state index is -0.0521. The van der Waals surface area contributed by atoms with E-state index >= 15 is 0 Å². The summed E-state index contributed by atoms with van der Waals surface area (Å²) in [6.07, 6.45) is 3.37. The molecule has 0 bridgehead atoms. The Kier molecular flexibility index (Phi) is 3.69. The van der Waals surface area contributed by atoms with Crippen molar-refractivity contribution in [3.8, 4) is 0 Å². The van der Waals surface area contributed by atoms with Crippen LogP contribution in [0, 0.1) is 0 Å². The molecule has 0 saturated carbocycles. The fourth-order valence-corrected chi connectivity index (χ4v) is 2.02. The molecule has 2 aromatic carbocycles. The van der Waals surface area contributed by atoms with Crippen molar-refractivity contribution in [2.24, 2.45) is 0 Å². The van der Waals surface area contributed by atoms with Crippen LogP contribution in [-0.4, -0.2) is 15.0 Å². The van der Waals surface area contributed by atoms with Crippen LogP contribution in [-0.2, 0) is 0 Å². The fraction of sp³-hybridized carbons (Fsp3) is 0. The number of aromatic nitrogens is 3. The maximum atomic E-state index is 10.8. The number of para-hydroxylation sites is 2. The number of nitrogens with one attached hydrogen (secondary N) is 1. The molecule has 1 N–H and O–H groups in total. The van der Waals surface area contributed by atoms with Gasteiger partial charge in [0.1, 0.15) is 6.33 Å². The van der Waals surface area contributed by atoms with Gasteiger partial charge in [0.05, 0.1) is 5.52 Å². The SMILES string of the molecule is O=c1ccc2ccccc2[nH]1.c1ccc2ncncc2c1. The Morgan fingerprint density at radius 3 is 2.43 bits per heavy atom. The van der Waals surface area contributed by atoms with Crippen molar-refractivity contribution in [2.45, 2.75) is 0 Å². The molecule has 4 aromatic rings. The van der Waals surface area contributed by atoms with Gasteiger partial charge >= 0.3 is 0 Å². The molecule has 21 heavy (non-hydrogen) atoms. The highest BCUT2D eigenvalue weighted by atomic mass is 16.1. The van der Waals surface area contributed by atoms with Crippen LogP contribution in [0.25, 0.3) is 21.8 Å². The average Bonchev–Trinajstić information content (AvgIpc) is 2.55. The van der Waals surface area contributed by atoms with Gasteiger partial charge in [-0.25, -0.2) is 9.97 Å². The Morgan fingerprint density at radius 2 is 1.57 bits per heavy atom. The summed E-state index contributed by atoms with van der Waals surface area (Å²) in [7, 11) is 0. The Morgan fingerprint density at radius 1 is 0.810 bits per heavy atom. The number of hydrogen-bond donors (Lipinski definition) is 1. The molecule has 4 rings (SSSR count). The highest BCUT2D eigenvalue weighted by Crippen LogP contribution is 2.07. The zero-order chi connectivity index (χ0) is 14.5. The summed E-state index contributed by atoms with van der Waals surface area (Å²) in [5.74, 6) is 0. The molecule has 0 amide bonds. The zero-order valence-electron chi connectivity index (χ0n) is 11.2. The second-order valence-corrected chi connectivity index (χ2v) is 4.49. The standard InChI is InChI=1S/C9H7NO.C8H6N2/c11-9-6-5-7-3-1-2-4-8(7)10-9;1-2-4-8-7(3-1)5-9-6-10-8/h1-6H,(H,10,11);1-6H. The molecule has 0 fully saturated rings. The van der Waals surface area contributed by atoms with Crippen molar-refractivity contribution in [1.82, 2.24) is 15.0 Å². The van der Waals surface area contributed by atoms with Gasteiger partial charge in [0, 0.05) is 23.2 Å². The highest BCUT2D eigenvalue weighted by molar-refractivity contribution is 5.78. The number of fused-ring (bicyclic) bond motifs is 2. The van der Waals surface area contributed by atoms with Crippen LogP contribution >= 0.6 is 0 Å². The molecule has 0 aliphatic carbocycles. The number of pyridine rings is 1. The predicted octanol–water partition coefficient (Wildman–Crippen LogP) is 3.16. The van der Waals surface area contributed by atoms with Crippen LogP contribution in [0.1, 0.15) is 0 Å². The molecule has 0 aliphatic rings. The number of nitrogens with zero attached hydrogens (tertiary/aromatic N) is 2. The molecule has 2 heterocycles. The maximum absolute atomic E-state index is 10.8. The van der Waals surface area contributed by atoms with Crippen LogP contribution in [0.5, 0.6) is 0 Å². The lowest BCUT2D eigenvalue weighted by atomic mass is 10.2. The van der Waals surface area contributed by atoms with Gasteiger partial charge in [-0.2, -0.15) is 0 Å². The van der Waals surface area contributed by atoms with Crippen molar-refractivity contribution in [2.75, 3.05) is 0 Å². The first-order valence-corrected chi connectivity index (χ1v) is 6.56. The zero-order valence-corrected chi connectivity index (χ0v) is 11.2. The molecular weight excluding hydrogens is 262 g/mol. The lowest BCUT2D eigenvalue weighted by Crippen LogP contribution is -2.01. The van der Waals surface area contributed by atoms with E-state index in [2.05, 4.69) is 15.0 Å². The second kappa shape index (κ2) is 5.96. The summed E-state index contributed by atoms with van der Waals surface area (Å²) in [5, 5.41) is 2.15. The van der Waals surface area contributed by atoms with Crippen molar-refractivity contribution in [1.29, 1.82) is 0 Å². The number of hydrogen-bond acceptors (Lipinski definition) is 3. The molecule has 0 radical (unpaired) electrons. The van der Waals surface area contributed by atoms with Crippen molar-refractivity contribution in [3.63, 3.8) is 0 Å². The Hall–Kier alpha value is -3.01. The number of H-pyrrole nitrogens is 1. The third-order valence-corrected chi connectivity index (χ3v) is 3.05. The van der Waals surface area contributed by atoms with E-state index in [-0.39, 0.29) is 5.56 Å². The second-order valence-electron chi connectivity index (χ2n) is 4.49. The van der Waals surface area contributed by atoms with E-state index in [9.17, 15) is 4.79 Å².